The van der Waals surface area contributed by atoms with E-state index in [-0.39, 0.29) is 23.4 Å². The lowest BCUT2D eigenvalue weighted by molar-refractivity contribution is -0.141. The van der Waals surface area contributed by atoms with Crippen molar-refractivity contribution in [2.24, 2.45) is 11.8 Å². The van der Waals surface area contributed by atoms with Crippen LogP contribution in [0, 0.1) is 24.2 Å². The number of aliphatic carboxylic acids is 1. The zero-order valence-electron chi connectivity index (χ0n) is 21.0. The number of carbonyl (C=O) groups is 2. The Morgan fingerprint density at radius 1 is 1.14 bits per heavy atom. The summed E-state index contributed by atoms with van der Waals surface area (Å²) in [6.07, 6.45) is -0.298. The summed E-state index contributed by atoms with van der Waals surface area (Å²) in [5.41, 5.74) is 7.12. The van der Waals surface area contributed by atoms with Crippen LogP contribution < -0.4 is 10.6 Å². The van der Waals surface area contributed by atoms with Gasteiger partial charge in [-0.15, -0.1) is 0 Å². The first kappa shape index (κ1) is 27.4. The van der Waals surface area contributed by atoms with Crippen molar-refractivity contribution in [1.29, 1.82) is 5.41 Å². The summed E-state index contributed by atoms with van der Waals surface area (Å²) in [6, 6.07) is 14.2. The fourth-order valence-corrected chi connectivity index (χ4v) is 4.11. The molecule has 0 heterocycles. The van der Waals surface area contributed by atoms with Gasteiger partial charge in [0.25, 0.3) is 5.92 Å². The van der Waals surface area contributed by atoms with Crippen LogP contribution in [0.25, 0.3) is 5.57 Å². The largest absolute Gasteiger partial charge is 0.481 e. The number of aryl methyl sites for hydroxylation is 1. The van der Waals surface area contributed by atoms with Gasteiger partial charge in [0.05, 0.1) is 11.4 Å². The minimum Gasteiger partial charge on any atom is -0.481 e. The number of benzene rings is 2. The van der Waals surface area contributed by atoms with Gasteiger partial charge in [-0.2, -0.15) is 0 Å². The van der Waals surface area contributed by atoms with Crippen molar-refractivity contribution in [3.8, 4) is 0 Å². The number of hydrogen-bond donors (Lipinski definition) is 4. The SMILES string of the molecule is C=C=C(N/C(C(C)=N)=C(/C)c1ccc(NC(=O)C2C(C(=O)O)C2(F)F)cc1)OC(C)c1ccccc1C. The Morgan fingerprint density at radius 2 is 1.76 bits per heavy atom. The smallest absolute Gasteiger partial charge is 0.313 e. The van der Waals surface area contributed by atoms with Crippen LogP contribution in [0.3, 0.4) is 0 Å². The number of amides is 1. The molecule has 0 aromatic heterocycles. The third-order valence-corrected chi connectivity index (χ3v) is 6.26. The Bertz CT molecular complexity index is 1310. The molecule has 1 amide bonds. The molecular weight excluding hydrogens is 480 g/mol. The van der Waals surface area contributed by atoms with E-state index >= 15 is 0 Å². The molecule has 1 fully saturated rings. The number of carbonyl (C=O) groups excluding carboxylic acids is 1. The average Bonchev–Trinajstić information content (AvgIpc) is 3.44. The van der Waals surface area contributed by atoms with Crippen LogP contribution in [0.15, 0.2) is 72.4 Å². The van der Waals surface area contributed by atoms with Gasteiger partial charge in [0, 0.05) is 5.69 Å². The summed E-state index contributed by atoms with van der Waals surface area (Å²) >= 11 is 0. The van der Waals surface area contributed by atoms with E-state index in [0.29, 0.717) is 16.8 Å². The molecule has 3 unspecified atom stereocenters. The molecule has 3 rings (SSSR count). The number of alkyl halides is 2. The van der Waals surface area contributed by atoms with Gasteiger partial charge in [-0.1, -0.05) is 48.7 Å². The van der Waals surface area contributed by atoms with Crippen molar-refractivity contribution in [2.75, 3.05) is 5.32 Å². The number of anilines is 1. The van der Waals surface area contributed by atoms with E-state index in [1.807, 2.05) is 38.1 Å². The van der Waals surface area contributed by atoms with Crippen molar-refractivity contribution < 1.29 is 28.2 Å². The molecule has 0 bridgehead atoms. The van der Waals surface area contributed by atoms with Gasteiger partial charge in [0.1, 0.15) is 17.9 Å². The summed E-state index contributed by atoms with van der Waals surface area (Å²) in [5, 5.41) is 22.5. The maximum atomic E-state index is 13.6. The fourth-order valence-electron chi connectivity index (χ4n) is 4.11. The molecule has 37 heavy (non-hydrogen) atoms. The number of ether oxygens (including phenoxy) is 1. The highest BCUT2D eigenvalue weighted by molar-refractivity contribution is 6.03. The zero-order valence-corrected chi connectivity index (χ0v) is 21.0. The number of nitrogens with one attached hydrogen (secondary N) is 3. The van der Waals surface area contributed by atoms with Crippen molar-refractivity contribution >= 4 is 28.8 Å². The predicted octanol–water partition coefficient (Wildman–Crippen LogP) is 5.66. The van der Waals surface area contributed by atoms with Gasteiger partial charge in [-0.05, 0) is 62.1 Å². The summed E-state index contributed by atoms with van der Waals surface area (Å²) in [6.45, 7) is 11.0. The van der Waals surface area contributed by atoms with E-state index in [2.05, 4.69) is 22.9 Å². The lowest BCUT2D eigenvalue weighted by atomic mass is 10.0. The second-order valence-corrected chi connectivity index (χ2v) is 8.91. The van der Waals surface area contributed by atoms with Crippen LogP contribution in [-0.2, 0) is 14.3 Å². The van der Waals surface area contributed by atoms with Crippen molar-refractivity contribution in [2.45, 2.75) is 39.7 Å². The van der Waals surface area contributed by atoms with E-state index < -0.39 is 29.6 Å². The molecule has 2 aromatic carbocycles. The maximum Gasteiger partial charge on any atom is 0.313 e. The highest BCUT2D eigenvalue weighted by Gasteiger charge is 2.75. The van der Waals surface area contributed by atoms with Crippen molar-refractivity contribution in [3.63, 3.8) is 0 Å². The Labute approximate surface area is 214 Å². The fraction of sp³-hybridized carbons (Fsp3) is 0.286. The van der Waals surface area contributed by atoms with E-state index in [1.165, 1.54) is 12.1 Å². The topological polar surface area (TPSA) is 112 Å². The number of rotatable bonds is 10. The molecule has 0 radical (unpaired) electrons. The molecule has 4 N–H and O–H groups in total. The Hall–Kier alpha value is -4.23. The Balaban J connectivity index is 1.74. The van der Waals surface area contributed by atoms with E-state index in [4.69, 9.17) is 15.3 Å². The zero-order chi connectivity index (χ0) is 27.5. The van der Waals surface area contributed by atoms with Gasteiger partial charge in [0.2, 0.25) is 11.8 Å². The normalized spacial score (nSPS) is 19.0. The number of allylic oxidation sites excluding steroid dienone is 2. The van der Waals surface area contributed by atoms with Gasteiger partial charge in [-0.3, -0.25) is 9.59 Å². The quantitative estimate of drug-likeness (QED) is 0.188. The first-order valence-electron chi connectivity index (χ1n) is 11.6. The Morgan fingerprint density at radius 3 is 2.27 bits per heavy atom. The summed E-state index contributed by atoms with van der Waals surface area (Å²) in [5.74, 6) is -9.96. The minimum atomic E-state index is -3.56. The van der Waals surface area contributed by atoms with E-state index in [1.54, 1.807) is 26.0 Å². The molecule has 2 aromatic rings. The van der Waals surface area contributed by atoms with Crippen molar-refractivity contribution in [3.05, 3.63) is 89.1 Å². The van der Waals surface area contributed by atoms with Crippen LogP contribution >= 0.6 is 0 Å². The first-order valence-corrected chi connectivity index (χ1v) is 11.6. The molecular formula is C28H29F2N3O4. The predicted molar refractivity (Wildman–Crippen MR) is 137 cm³/mol. The molecule has 7 nitrogen and oxygen atoms in total. The Kier molecular flexibility index (Phi) is 7.99. The molecule has 9 heteroatoms. The molecule has 0 saturated heterocycles. The second kappa shape index (κ2) is 10.8. The third kappa shape index (κ3) is 5.95. The second-order valence-electron chi connectivity index (χ2n) is 8.91. The summed E-state index contributed by atoms with van der Waals surface area (Å²) in [7, 11) is 0. The molecule has 0 spiro atoms. The molecule has 3 atom stereocenters. The van der Waals surface area contributed by atoms with Gasteiger partial charge in [0.15, 0.2) is 0 Å². The van der Waals surface area contributed by atoms with Gasteiger partial charge in [-0.25, -0.2) is 8.78 Å². The number of carboxylic acids is 1. The molecule has 0 aliphatic heterocycles. The number of halogens is 2. The number of carboxylic acid groups (broad SMARTS) is 1. The molecule has 1 aliphatic rings. The van der Waals surface area contributed by atoms with E-state index in [9.17, 15) is 18.4 Å². The lowest BCUT2D eigenvalue weighted by Crippen LogP contribution is -2.22. The maximum absolute atomic E-state index is 13.6. The highest BCUT2D eigenvalue weighted by atomic mass is 19.3. The van der Waals surface area contributed by atoms with E-state index in [0.717, 1.165) is 11.1 Å². The number of hydrogen-bond acceptors (Lipinski definition) is 5. The molecule has 1 saturated carbocycles. The van der Waals surface area contributed by atoms with Crippen LogP contribution in [0.1, 0.15) is 43.6 Å². The van der Waals surface area contributed by atoms with Gasteiger partial charge >= 0.3 is 5.97 Å². The average molecular weight is 510 g/mol. The molecule has 1 aliphatic carbocycles. The van der Waals surface area contributed by atoms with Crippen LogP contribution in [0.2, 0.25) is 0 Å². The standard InChI is InChI=1S/C28H29F2N3O4/c1-6-22(37-18(5)21-10-8-7-9-15(21)2)33-25(17(4)31)16(3)19-11-13-20(14-12-19)32-26(34)23-24(27(35)36)28(23,29)30/h7-14,18,23-24,31,33H,1H2,2-5H3,(H,32,34)(H,35,36)/b25-16-,31-17?. The summed E-state index contributed by atoms with van der Waals surface area (Å²) in [4.78, 5) is 23.1. The third-order valence-electron chi connectivity index (χ3n) is 6.26. The highest BCUT2D eigenvalue weighted by Crippen LogP contribution is 2.55. The van der Waals surface area contributed by atoms with Crippen molar-refractivity contribution in [1.82, 2.24) is 5.32 Å². The molecule has 194 valence electrons. The van der Waals surface area contributed by atoms with Gasteiger partial charge < -0.3 is 25.9 Å². The van der Waals surface area contributed by atoms with Crippen LogP contribution in [-0.4, -0.2) is 28.6 Å². The monoisotopic (exact) mass is 509 g/mol. The first-order chi connectivity index (χ1) is 17.4. The summed E-state index contributed by atoms with van der Waals surface area (Å²) < 4.78 is 33.3. The van der Waals surface area contributed by atoms with Crippen LogP contribution in [0.4, 0.5) is 14.5 Å². The minimum absolute atomic E-state index is 0.227. The lowest BCUT2D eigenvalue weighted by Gasteiger charge is -2.21. The van der Waals surface area contributed by atoms with Crippen LogP contribution in [0.5, 0.6) is 0 Å².